The Bertz CT molecular complexity index is 299. The van der Waals surface area contributed by atoms with Gasteiger partial charge in [-0.25, -0.2) is 0 Å². The van der Waals surface area contributed by atoms with E-state index in [2.05, 4.69) is 26.1 Å². The average Bonchev–Trinajstić information content (AvgIpc) is 2.26. The van der Waals surface area contributed by atoms with E-state index >= 15 is 0 Å². The molecular formula is C16H34N2O2. The summed E-state index contributed by atoms with van der Waals surface area (Å²) in [6.07, 6.45) is 1.35. The van der Waals surface area contributed by atoms with Crippen molar-refractivity contribution in [1.29, 1.82) is 0 Å². The van der Waals surface area contributed by atoms with Gasteiger partial charge >= 0.3 is 0 Å². The highest BCUT2D eigenvalue weighted by atomic mass is 16.5. The van der Waals surface area contributed by atoms with E-state index in [0.717, 1.165) is 13.0 Å². The van der Waals surface area contributed by atoms with Gasteiger partial charge < -0.3 is 15.0 Å². The maximum atomic E-state index is 12.1. The summed E-state index contributed by atoms with van der Waals surface area (Å²) in [4.78, 5) is 13.9. The van der Waals surface area contributed by atoms with Crippen molar-refractivity contribution in [3.63, 3.8) is 0 Å². The third-order valence-electron chi connectivity index (χ3n) is 3.62. The Kier molecular flexibility index (Phi) is 7.74. The average molecular weight is 286 g/mol. The maximum absolute atomic E-state index is 12.1. The van der Waals surface area contributed by atoms with Crippen molar-refractivity contribution in [3.8, 4) is 0 Å². The van der Waals surface area contributed by atoms with Crippen molar-refractivity contribution in [2.24, 2.45) is 0 Å². The highest BCUT2D eigenvalue weighted by Crippen LogP contribution is 2.18. The molecular weight excluding hydrogens is 252 g/mol. The molecule has 0 fully saturated rings. The van der Waals surface area contributed by atoms with Crippen molar-refractivity contribution in [3.05, 3.63) is 0 Å². The van der Waals surface area contributed by atoms with E-state index in [4.69, 9.17) is 4.74 Å². The Hall–Kier alpha value is -0.610. The zero-order valence-corrected chi connectivity index (χ0v) is 14.7. The van der Waals surface area contributed by atoms with Crippen LogP contribution in [0.4, 0.5) is 0 Å². The topological polar surface area (TPSA) is 41.6 Å². The first-order valence-electron chi connectivity index (χ1n) is 7.65. The summed E-state index contributed by atoms with van der Waals surface area (Å²) < 4.78 is 5.92. The van der Waals surface area contributed by atoms with Gasteiger partial charge in [-0.15, -0.1) is 0 Å². The van der Waals surface area contributed by atoms with Crippen LogP contribution in [0.25, 0.3) is 0 Å². The van der Waals surface area contributed by atoms with Gasteiger partial charge in [-0.05, 0) is 54.5 Å². The zero-order valence-electron chi connectivity index (χ0n) is 14.7. The van der Waals surface area contributed by atoms with E-state index in [1.807, 2.05) is 34.7 Å². The second-order valence-corrected chi connectivity index (χ2v) is 7.05. The predicted molar refractivity (Wildman–Crippen MR) is 84.9 cm³/mol. The minimum atomic E-state index is -0.414. The molecule has 4 heteroatoms. The van der Waals surface area contributed by atoms with Crippen LogP contribution in [0.2, 0.25) is 0 Å². The number of amides is 1. The second kappa shape index (κ2) is 7.99. The Labute approximate surface area is 125 Å². The highest BCUT2D eigenvalue weighted by molar-refractivity contribution is 5.77. The molecule has 0 atom stereocenters. The first kappa shape index (κ1) is 19.4. The number of nitrogens with zero attached hydrogens (tertiary/aromatic N) is 1. The van der Waals surface area contributed by atoms with E-state index < -0.39 is 5.60 Å². The summed E-state index contributed by atoms with van der Waals surface area (Å²) in [5.41, 5.74) is -0.341. The smallest absolute Gasteiger partial charge is 0.225 e. The third-order valence-corrected chi connectivity index (χ3v) is 3.62. The van der Waals surface area contributed by atoms with Gasteiger partial charge in [0.15, 0.2) is 0 Å². The van der Waals surface area contributed by atoms with Gasteiger partial charge in [0.25, 0.3) is 0 Å². The van der Waals surface area contributed by atoms with Crippen LogP contribution in [0.15, 0.2) is 0 Å². The Morgan fingerprint density at radius 1 is 1.25 bits per heavy atom. The molecule has 20 heavy (non-hydrogen) atoms. The number of ether oxygens (including phenoxy) is 1. The zero-order chi connectivity index (χ0) is 16.0. The molecule has 0 unspecified atom stereocenters. The molecule has 0 aliphatic carbocycles. The van der Waals surface area contributed by atoms with E-state index in [-0.39, 0.29) is 17.5 Å². The lowest BCUT2D eigenvalue weighted by Crippen LogP contribution is -2.42. The van der Waals surface area contributed by atoms with Crippen molar-refractivity contribution >= 4 is 5.91 Å². The van der Waals surface area contributed by atoms with Gasteiger partial charge in [-0.1, -0.05) is 6.92 Å². The highest BCUT2D eigenvalue weighted by Gasteiger charge is 2.26. The summed E-state index contributed by atoms with van der Waals surface area (Å²) >= 11 is 0. The number of rotatable bonds is 9. The molecule has 1 N–H and O–H groups in total. The fraction of sp³-hybridized carbons (Fsp3) is 0.938. The summed E-state index contributed by atoms with van der Waals surface area (Å²) in [6.45, 7) is 16.1. The lowest BCUT2D eigenvalue weighted by atomic mass is 10.0. The Balaban J connectivity index is 4.23. The van der Waals surface area contributed by atoms with Crippen LogP contribution < -0.4 is 5.32 Å². The monoisotopic (exact) mass is 286 g/mol. The quantitative estimate of drug-likeness (QED) is 0.708. The third kappa shape index (κ3) is 7.85. The molecule has 0 bridgehead atoms. The summed E-state index contributed by atoms with van der Waals surface area (Å²) in [5.74, 6) is 0.135. The van der Waals surface area contributed by atoms with Crippen LogP contribution in [-0.4, -0.2) is 48.2 Å². The predicted octanol–water partition coefficient (Wildman–Crippen LogP) is 2.82. The fourth-order valence-corrected chi connectivity index (χ4v) is 1.98. The number of carbonyl (C=O) groups is 1. The number of carbonyl (C=O) groups excluding carboxylic acids is 1. The van der Waals surface area contributed by atoms with E-state index in [0.29, 0.717) is 13.0 Å². The van der Waals surface area contributed by atoms with Crippen LogP contribution in [0.5, 0.6) is 0 Å². The molecule has 0 aliphatic heterocycles. The molecule has 0 saturated carbocycles. The van der Waals surface area contributed by atoms with Crippen molar-refractivity contribution < 1.29 is 9.53 Å². The lowest BCUT2D eigenvalue weighted by Gasteiger charge is -2.31. The SMILES string of the molecule is CCNC(C)(C)CCOC(C)(C)CC(=O)N(C)C(C)C. The number of hydrogen-bond donors (Lipinski definition) is 1. The number of nitrogens with one attached hydrogen (secondary N) is 1. The molecule has 0 aromatic heterocycles. The summed E-state index contributed by atoms with van der Waals surface area (Å²) in [5, 5.41) is 3.43. The molecule has 120 valence electrons. The molecule has 0 heterocycles. The molecule has 0 rings (SSSR count). The van der Waals surface area contributed by atoms with Gasteiger partial charge in [-0.3, -0.25) is 4.79 Å². The van der Waals surface area contributed by atoms with Crippen molar-refractivity contribution in [2.75, 3.05) is 20.2 Å². The Morgan fingerprint density at radius 2 is 1.80 bits per heavy atom. The minimum absolute atomic E-state index is 0.0730. The van der Waals surface area contributed by atoms with Crippen LogP contribution in [0.1, 0.15) is 61.3 Å². The largest absolute Gasteiger partial charge is 0.375 e. The lowest BCUT2D eigenvalue weighted by molar-refractivity contribution is -0.138. The van der Waals surface area contributed by atoms with Gasteiger partial charge in [0.05, 0.1) is 12.0 Å². The van der Waals surface area contributed by atoms with Crippen LogP contribution >= 0.6 is 0 Å². The van der Waals surface area contributed by atoms with E-state index in [9.17, 15) is 4.79 Å². The molecule has 0 spiro atoms. The van der Waals surface area contributed by atoms with Crippen molar-refractivity contribution in [2.45, 2.75) is 78.5 Å². The van der Waals surface area contributed by atoms with E-state index in [1.165, 1.54) is 0 Å². The first-order chi connectivity index (χ1) is 9.01. The van der Waals surface area contributed by atoms with Crippen molar-refractivity contribution in [1.82, 2.24) is 10.2 Å². The molecule has 0 saturated heterocycles. The minimum Gasteiger partial charge on any atom is -0.375 e. The van der Waals surface area contributed by atoms with Gasteiger partial charge in [0, 0.05) is 25.2 Å². The molecule has 0 aromatic rings. The second-order valence-electron chi connectivity index (χ2n) is 7.05. The molecule has 1 amide bonds. The van der Waals surface area contributed by atoms with Gasteiger partial charge in [0.2, 0.25) is 5.91 Å². The fourth-order valence-electron chi connectivity index (χ4n) is 1.98. The van der Waals surface area contributed by atoms with Gasteiger partial charge in [-0.2, -0.15) is 0 Å². The van der Waals surface area contributed by atoms with Crippen LogP contribution in [0.3, 0.4) is 0 Å². The molecule has 4 nitrogen and oxygen atoms in total. The molecule has 0 aliphatic rings. The Morgan fingerprint density at radius 3 is 2.25 bits per heavy atom. The molecule has 0 aromatic carbocycles. The summed E-state index contributed by atoms with van der Waals surface area (Å²) in [6, 6.07) is 0.228. The first-order valence-corrected chi connectivity index (χ1v) is 7.65. The normalized spacial score (nSPS) is 12.8. The maximum Gasteiger partial charge on any atom is 0.225 e. The van der Waals surface area contributed by atoms with Crippen LogP contribution in [-0.2, 0) is 9.53 Å². The molecule has 0 radical (unpaired) electrons. The standard InChI is InChI=1S/C16H34N2O2/c1-9-17-15(4,5)10-11-20-16(6,7)12-14(19)18(8)13(2)3/h13,17H,9-12H2,1-8H3. The van der Waals surface area contributed by atoms with E-state index in [1.54, 1.807) is 4.90 Å². The van der Waals surface area contributed by atoms with Gasteiger partial charge in [0.1, 0.15) is 0 Å². The number of hydrogen-bond acceptors (Lipinski definition) is 3. The van der Waals surface area contributed by atoms with Crippen LogP contribution in [0, 0.1) is 0 Å². The summed E-state index contributed by atoms with van der Waals surface area (Å²) in [7, 11) is 1.84.